The van der Waals surface area contributed by atoms with Gasteiger partial charge in [-0.2, -0.15) is 0 Å². The molecule has 1 amide bonds. The first-order valence-electron chi connectivity index (χ1n) is 5.57. The van der Waals surface area contributed by atoms with Crippen LogP contribution in [0.2, 0.25) is 0 Å². The molecule has 1 aliphatic rings. The van der Waals surface area contributed by atoms with Gasteiger partial charge in [-0.15, -0.1) is 0 Å². The first-order valence-corrected chi connectivity index (χ1v) is 5.57. The van der Waals surface area contributed by atoms with Crippen LogP contribution in [0.4, 0.5) is 4.79 Å². The summed E-state index contributed by atoms with van der Waals surface area (Å²) in [5.74, 6) is -1.01. The highest BCUT2D eigenvalue weighted by Crippen LogP contribution is 2.27. The van der Waals surface area contributed by atoms with Crippen LogP contribution in [0.15, 0.2) is 0 Å². The predicted octanol–water partition coefficient (Wildman–Crippen LogP) is 1.14. The zero-order chi connectivity index (χ0) is 13.2. The van der Waals surface area contributed by atoms with Crippen molar-refractivity contribution in [3.63, 3.8) is 0 Å². The zero-order valence-corrected chi connectivity index (χ0v) is 10.5. The maximum Gasteiger partial charge on any atom is 0.407 e. The van der Waals surface area contributed by atoms with Crippen LogP contribution in [0.3, 0.4) is 0 Å². The van der Waals surface area contributed by atoms with Crippen LogP contribution in [-0.4, -0.2) is 41.0 Å². The summed E-state index contributed by atoms with van der Waals surface area (Å²) in [6.45, 7) is 6.80. The van der Waals surface area contributed by atoms with Crippen molar-refractivity contribution in [2.45, 2.75) is 58.0 Å². The van der Waals surface area contributed by atoms with Gasteiger partial charge in [0.2, 0.25) is 0 Å². The lowest BCUT2D eigenvalue weighted by molar-refractivity contribution is -0.150. The fourth-order valence-corrected chi connectivity index (χ4v) is 1.25. The third-order valence-electron chi connectivity index (χ3n) is 2.16. The average molecular weight is 245 g/mol. The molecule has 0 aromatic rings. The van der Waals surface area contributed by atoms with Crippen LogP contribution < -0.4 is 5.32 Å². The van der Waals surface area contributed by atoms with E-state index in [2.05, 4.69) is 5.32 Å². The molecule has 98 valence electrons. The second-order valence-electron chi connectivity index (χ2n) is 5.14. The van der Waals surface area contributed by atoms with E-state index in [1.165, 1.54) is 6.92 Å². The van der Waals surface area contributed by atoms with E-state index >= 15 is 0 Å². The Balaban J connectivity index is 2.24. The molecule has 0 heterocycles. The van der Waals surface area contributed by atoms with Gasteiger partial charge >= 0.3 is 12.1 Å². The Morgan fingerprint density at radius 1 is 1.41 bits per heavy atom. The number of aliphatic carboxylic acids is 1. The van der Waals surface area contributed by atoms with Crippen molar-refractivity contribution < 1.29 is 24.2 Å². The maximum atomic E-state index is 11.4. The Kier molecular flexibility index (Phi) is 3.98. The summed E-state index contributed by atoms with van der Waals surface area (Å²) in [7, 11) is 0. The summed E-state index contributed by atoms with van der Waals surface area (Å²) in [4.78, 5) is 21.9. The van der Waals surface area contributed by atoms with Gasteiger partial charge in [0.05, 0.1) is 12.1 Å². The molecule has 6 nitrogen and oxygen atoms in total. The van der Waals surface area contributed by atoms with Crippen molar-refractivity contribution in [2.75, 3.05) is 0 Å². The van der Waals surface area contributed by atoms with E-state index in [0.29, 0.717) is 6.42 Å². The molecule has 0 aromatic heterocycles. The van der Waals surface area contributed by atoms with Gasteiger partial charge in [-0.3, -0.25) is 0 Å². The molecule has 17 heavy (non-hydrogen) atoms. The van der Waals surface area contributed by atoms with Crippen molar-refractivity contribution in [3.05, 3.63) is 0 Å². The molecule has 3 atom stereocenters. The molecule has 1 rings (SSSR count). The summed E-state index contributed by atoms with van der Waals surface area (Å²) >= 11 is 0. The normalized spacial score (nSPS) is 24.9. The minimum absolute atomic E-state index is 0.147. The summed E-state index contributed by atoms with van der Waals surface area (Å²) in [5.41, 5.74) is -0.538. The van der Waals surface area contributed by atoms with Gasteiger partial charge in [-0.1, -0.05) is 0 Å². The highest BCUT2D eigenvalue weighted by Gasteiger charge is 2.42. The summed E-state index contributed by atoms with van der Waals surface area (Å²) in [5, 5.41) is 11.3. The molecule has 0 spiro atoms. The smallest absolute Gasteiger partial charge is 0.407 e. The lowest BCUT2D eigenvalue weighted by Gasteiger charge is -2.19. The van der Waals surface area contributed by atoms with Crippen molar-refractivity contribution in [1.29, 1.82) is 0 Å². The highest BCUT2D eigenvalue weighted by atomic mass is 16.6. The lowest BCUT2D eigenvalue weighted by Crippen LogP contribution is -2.35. The molecule has 6 heteroatoms. The molecule has 1 aliphatic carbocycles. The minimum Gasteiger partial charge on any atom is -0.479 e. The summed E-state index contributed by atoms with van der Waals surface area (Å²) in [6.07, 6.45) is -0.965. The number of carbonyl (C=O) groups is 2. The first kappa shape index (κ1) is 13.8. The number of rotatable bonds is 4. The van der Waals surface area contributed by atoms with Gasteiger partial charge in [-0.05, 0) is 34.1 Å². The second kappa shape index (κ2) is 4.91. The Morgan fingerprint density at radius 3 is 2.47 bits per heavy atom. The molecule has 0 saturated heterocycles. The van der Waals surface area contributed by atoms with Gasteiger partial charge in [-0.25, -0.2) is 9.59 Å². The summed E-state index contributed by atoms with van der Waals surface area (Å²) < 4.78 is 10.3. The SMILES string of the molecule is C[C@@H](O[C@H]1C[C@H]1NC(=O)OC(C)(C)C)C(=O)O. The van der Waals surface area contributed by atoms with E-state index in [4.69, 9.17) is 14.6 Å². The molecule has 1 fully saturated rings. The van der Waals surface area contributed by atoms with E-state index in [9.17, 15) is 9.59 Å². The summed E-state index contributed by atoms with van der Waals surface area (Å²) in [6, 6.07) is -0.147. The Morgan fingerprint density at radius 2 is 2.00 bits per heavy atom. The van der Waals surface area contributed by atoms with E-state index in [1.54, 1.807) is 20.8 Å². The quantitative estimate of drug-likeness (QED) is 0.775. The Bertz CT molecular complexity index is 309. The molecule has 0 aromatic carbocycles. The van der Waals surface area contributed by atoms with Gasteiger partial charge in [0, 0.05) is 0 Å². The molecule has 2 N–H and O–H groups in total. The Labute approximate surface area is 100 Å². The number of alkyl carbamates (subject to hydrolysis) is 1. The fourth-order valence-electron chi connectivity index (χ4n) is 1.25. The fraction of sp³-hybridized carbons (Fsp3) is 0.818. The van der Waals surface area contributed by atoms with E-state index in [0.717, 1.165) is 0 Å². The molecule has 1 saturated carbocycles. The monoisotopic (exact) mass is 245 g/mol. The van der Waals surface area contributed by atoms with Gasteiger partial charge in [0.25, 0.3) is 0 Å². The number of ether oxygens (including phenoxy) is 2. The largest absolute Gasteiger partial charge is 0.479 e. The van der Waals surface area contributed by atoms with E-state index < -0.39 is 23.8 Å². The lowest BCUT2D eigenvalue weighted by atomic mass is 10.2. The van der Waals surface area contributed by atoms with Crippen LogP contribution in [0.5, 0.6) is 0 Å². The van der Waals surface area contributed by atoms with Crippen LogP contribution >= 0.6 is 0 Å². The number of carboxylic acid groups (broad SMARTS) is 1. The van der Waals surface area contributed by atoms with Crippen LogP contribution in [0.1, 0.15) is 34.1 Å². The number of carbonyl (C=O) groups excluding carboxylic acids is 1. The average Bonchev–Trinajstić information content (AvgIpc) is 2.79. The standard InChI is InChI=1S/C11H19NO5/c1-6(9(13)14)16-8-5-7(8)12-10(15)17-11(2,3)4/h6-8H,5H2,1-4H3,(H,12,15)(H,13,14)/t6-,7-,8+/m1/s1. The van der Waals surface area contributed by atoms with Crippen LogP contribution in [0.25, 0.3) is 0 Å². The van der Waals surface area contributed by atoms with Crippen molar-refractivity contribution in [3.8, 4) is 0 Å². The van der Waals surface area contributed by atoms with Crippen LogP contribution in [0, 0.1) is 0 Å². The third kappa shape index (κ3) is 5.04. The number of hydrogen-bond donors (Lipinski definition) is 2. The predicted molar refractivity (Wildman–Crippen MR) is 59.7 cm³/mol. The van der Waals surface area contributed by atoms with Crippen molar-refractivity contribution in [1.82, 2.24) is 5.32 Å². The van der Waals surface area contributed by atoms with E-state index in [-0.39, 0.29) is 12.1 Å². The number of nitrogens with one attached hydrogen (secondary N) is 1. The second-order valence-corrected chi connectivity index (χ2v) is 5.14. The Hall–Kier alpha value is -1.30. The van der Waals surface area contributed by atoms with Gasteiger partial charge in [0.15, 0.2) is 6.10 Å². The van der Waals surface area contributed by atoms with Crippen LogP contribution in [-0.2, 0) is 14.3 Å². The molecule has 0 bridgehead atoms. The molecule has 0 unspecified atom stereocenters. The van der Waals surface area contributed by atoms with Gasteiger partial charge < -0.3 is 19.9 Å². The highest BCUT2D eigenvalue weighted by molar-refractivity contribution is 5.72. The van der Waals surface area contributed by atoms with Crippen molar-refractivity contribution in [2.24, 2.45) is 0 Å². The molecular formula is C11H19NO5. The number of hydrogen-bond acceptors (Lipinski definition) is 4. The molecule has 0 aliphatic heterocycles. The third-order valence-corrected chi connectivity index (χ3v) is 2.16. The number of amides is 1. The first-order chi connectivity index (χ1) is 7.69. The zero-order valence-electron chi connectivity index (χ0n) is 10.5. The van der Waals surface area contributed by atoms with Crippen molar-refractivity contribution >= 4 is 12.1 Å². The topological polar surface area (TPSA) is 84.9 Å². The maximum absolute atomic E-state index is 11.4. The number of carboxylic acids is 1. The van der Waals surface area contributed by atoms with E-state index in [1.807, 2.05) is 0 Å². The molecule has 0 radical (unpaired) electrons. The van der Waals surface area contributed by atoms with Gasteiger partial charge in [0.1, 0.15) is 5.60 Å². The molecular weight excluding hydrogens is 226 g/mol. The minimum atomic E-state index is -1.01.